The molecule has 0 aliphatic heterocycles. The highest BCUT2D eigenvalue weighted by Crippen LogP contribution is 2.41. The molecule has 26 heavy (non-hydrogen) atoms. The van der Waals surface area contributed by atoms with Crippen LogP contribution in [-0.4, -0.2) is 54.9 Å². The Morgan fingerprint density at radius 2 is 1.92 bits per heavy atom. The van der Waals surface area contributed by atoms with Crippen LogP contribution in [0, 0.1) is 0 Å². The molecule has 2 heterocycles. The maximum Gasteiger partial charge on any atom is 0.286 e. The third-order valence-electron chi connectivity index (χ3n) is 4.13. The summed E-state index contributed by atoms with van der Waals surface area (Å²) in [7, 11) is 6.35. The van der Waals surface area contributed by atoms with Crippen LogP contribution in [0.25, 0.3) is 10.9 Å². The van der Waals surface area contributed by atoms with Gasteiger partial charge in [-0.15, -0.1) is 0 Å². The molecule has 0 fully saturated rings. The van der Waals surface area contributed by atoms with E-state index in [2.05, 4.69) is 19.9 Å². The minimum Gasteiger partial charge on any atom is -0.493 e. The summed E-state index contributed by atoms with van der Waals surface area (Å²) in [6, 6.07) is 1.70. The molecular formula is C17H21N5O4. The van der Waals surface area contributed by atoms with Crippen LogP contribution >= 0.6 is 0 Å². The molecule has 2 N–H and O–H groups in total. The number of hydrogen-bond acceptors (Lipinski definition) is 7. The second-order valence-electron chi connectivity index (χ2n) is 5.68. The number of fused-ring (bicyclic) bond motifs is 1. The maximum atomic E-state index is 12.6. The summed E-state index contributed by atoms with van der Waals surface area (Å²) in [6.07, 6.45) is 4.15. The Bertz CT molecular complexity index is 952. The lowest BCUT2D eigenvalue weighted by molar-refractivity contribution is 0.327. The van der Waals surface area contributed by atoms with E-state index in [0.29, 0.717) is 40.6 Å². The molecule has 0 aliphatic rings. The van der Waals surface area contributed by atoms with Gasteiger partial charge in [-0.05, 0) is 0 Å². The van der Waals surface area contributed by atoms with E-state index in [1.54, 1.807) is 18.6 Å². The highest BCUT2D eigenvalue weighted by atomic mass is 16.5. The molecule has 0 atom stereocenters. The van der Waals surface area contributed by atoms with Gasteiger partial charge in [0.25, 0.3) is 5.56 Å². The predicted molar refractivity (Wildman–Crippen MR) is 97.6 cm³/mol. The molecule has 3 aromatic rings. The molecule has 2 aromatic heterocycles. The largest absolute Gasteiger partial charge is 0.493 e. The summed E-state index contributed by atoms with van der Waals surface area (Å²) in [5, 5.41) is 0.316. The molecule has 0 aliphatic carbocycles. The van der Waals surface area contributed by atoms with E-state index < -0.39 is 5.56 Å². The normalized spacial score (nSPS) is 10.8. The number of hydrogen-bond donors (Lipinski definition) is 2. The van der Waals surface area contributed by atoms with Gasteiger partial charge in [0, 0.05) is 38.0 Å². The van der Waals surface area contributed by atoms with Crippen LogP contribution in [-0.2, 0) is 6.42 Å². The smallest absolute Gasteiger partial charge is 0.286 e. The second kappa shape index (κ2) is 7.34. The first-order chi connectivity index (χ1) is 12.6. The van der Waals surface area contributed by atoms with E-state index in [-0.39, 0.29) is 0 Å². The lowest BCUT2D eigenvalue weighted by atomic mass is 10.2. The number of likely N-dealkylation sites (N-methyl/N-ethyl adjacent to an activating group) is 1. The van der Waals surface area contributed by atoms with Gasteiger partial charge in [-0.25, -0.2) is 4.98 Å². The molecule has 138 valence electrons. The number of aromatic amines is 2. The van der Waals surface area contributed by atoms with Crippen molar-refractivity contribution in [2.24, 2.45) is 0 Å². The standard InChI is InChI=1S/C17H21N5O4/c1-22(6-5-10-8-18-9-19-10)17-20-11-7-12(24-2)14(25-3)15(26-4)13(11)16(23)21-17/h7-9H,5-6H2,1-4H3,(H,18,19)(H,20,21,23). The van der Waals surface area contributed by atoms with E-state index in [1.807, 2.05) is 11.9 Å². The fourth-order valence-corrected chi connectivity index (χ4v) is 2.76. The number of imidazole rings is 1. The molecule has 0 saturated heterocycles. The molecule has 0 amide bonds. The Morgan fingerprint density at radius 1 is 1.15 bits per heavy atom. The molecule has 0 radical (unpaired) electrons. The minimum atomic E-state index is -0.403. The topological polar surface area (TPSA) is 105 Å². The highest BCUT2D eigenvalue weighted by molar-refractivity contribution is 5.90. The number of aromatic nitrogens is 4. The number of nitrogens with zero attached hydrogens (tertiary/aromatic N) is 3. The van der Waals surface area contributed by atoms with E-state index >= 15 is 0 Å². The average Bonchev–Trinajstić information content (AvgIpc) is 3.17. The molecule has 0 saturated carbocycles. The summed E-state index contributed by atoms with van der Waals surface area (Å²) in [4.78, 5) is 28.9. The molecular weight excluding hydrogens is 338 g/mol. The van der Waals surface area contributed by atoms with Gasteiger partial charge in [-0.3, -0.25) is 4.79 Å². The Kier molecular flexibility index (Phi) is 4.97. The lowest BCUT2D eigenvalue weighted by Gasteiger charge is -2.19. The van der Waals surface area contributed by atoms with Crippen molar-refractivity contribution >= 4 is 16.9 Å². The number of benzene rings is 1. The summed E-state index contributed by atoms with van der Waals surface area (Å²) in [5.41, 5.74) is 1.16. The van der Waals surface area contributed by atoms with E-state index in [1.165, 1.54) is 21.3 Å². The van der Waals surface area contributed by atoms with E-state index in [0.717, 1.165) is 12.1 Å². The second-order valence-corrected chi connectivity index (χ2v) is 5.68. The summed E-state index contributed by atoms with van der Waals surface area (Å²) in [5.74, 6) is 1.57. The van der Waals surface area contributed by atoms with Crippen LogP contribution in [0.5, 0.6) is 17.2 Å². The van der Waals surface area contributed by atoms with Crippen molar-refractivity contribution in [2.75, 3.05) is 39.8 Å². The van der Waals surface area contributed by atoms with Crippen molar-refractivity contribution in [2.45, 2.75) is 6.42 Å². The van der Waals surface area contributed by atoms with Crippen molar-refractivity contribution in [1.29, 1.82) is 0 Å². The molecule has 9 nitrogen and oxygen atoms in total. The first-order valence-electron chi connectivity index (χ1n) is 8.00. The number of methoxy groups -OCH3 is 3. The first kappa shape index (κ1) is 17.6. The quantitative estimate of drug-likeness (QED) is 0.656. The van der Waals surface area contributed by atoms with Gasteiger partial charge in [0.1, 0.15) is 5.39 Å². The Labute approximate surface area is 149 Å². The van der Waals surface area contributed by atoms with Crippen LogP contribution in [0.4, 0.5) is 5.95 Å². The van der Waals surface area contributed by atoms with Gasteiger partial charge >= 0.3 is 0 Å². The van der Waals surface area contributed by atoms with Crippen molar-refractivity contribution in [3.05, 3.63) is 34.6 Å². The number of nitrogens with one attached hydrogen (secondary N) is 2. The van der Waals surface area contributed by atoms with Gasteiger partial charge in [-0.1, -0.05) is 0 Å². The zero-order chi connectivity index (χ0) is 18.7. The summed E-state index contributed by atoms with van der Waals surface area (Å²) >= 11 is 0. The highest BCUT2D eigenvalue weighted by Gasteiger charge is 2.20. The molecule has 0 unspecified atom stereocenters. The third-order valence-corrected chi connectivity index (χ3v) is 4.13. The molecule has 0 bridgehead atoms. The number of ether oxygens (including phenoxy) is 3. The van der Waals surface area contributed by atoms with Gasteiger partial charge in [0.05, 0.1) is 33.2 Å². The van der Waals surface area contributed by atoms with E-state index in [9.17, 15) is 4.79 Å². The Morgan fingerprint density at radius 3 is 2.54 bits per heavy atom. The van der Waals surface area contributed by atoms with Crippen molar-refractivity contribution in [3.63, 3.8) is 0 Å². The van der Waals surface area contributed by atoms with E-state index in [4.69, 9.17) is 14.2 Å². The summed E-state index contributed by atoms with van der Waals surface area (Å²) < 4.78 is 16.1. The third kappa shape index (κ3) is 3.15. The van der Waals surface area contributed by atoms with Gasteiger partial charge < -0.3 is 29.1 Å². The average molecular weight is 359 g/mol. The number of rotatable bonds is 7. The number of H-pyrrole nitrogens is 2. The molecule has 3 rings (SSSR count). The summed E-state index contributed by atoms with van der Waals surface area (Å²) in [6.45, 7) is 0.654. The minimum absolute atomic E-state index is 0.294. The van der Waals surface area contributed by atoms with Gasteiger partial charge in [0.15, 0.2) is 11.5 Å². The lowest BCUT2D eigenvalue weighted by Crippen LogP contribution is -2.25. The van der Waals surface area contributed by atoms with Gasteiger partial charge in [-0.2, -0.15) is 4.98 Å². The first-order valence-corrected chi connectivity index (χ1v) is 8.00. The fourth-order valence-electron chi connectivity index (χ4n) is 2.76. The zero-order valence-electron chi connectivity index (χ0n) is 15.1. The van der Waals surface area contributed by atoms with Crippen molar-refractivity contribution < 1.29 is 14.2 Å². The van der Waals surface area contributed by atoms with Crippen LogP contribution < -0.4 is 24.7 Å². The van der Waals surface area contributed by atoms with Gasteiger partial charge in [0.2, 0.25) is 11.7 Å². The van der Waals surface area contributed by atoms with Crippen LogP contribution in [0.1, 0.15) is 5.69 Å². The van der Waals surface area contributed by atoms with Crippen LogP contribution in [0.2, 0.25) is 0 Å². The zero-order valence-corrected chi connectivity index (χ0v) is 15.1. The van der Waals surface area contributed by atoms with Crippen molar-refractivity contribution in [1.82, 2.24) is 19.9 Å². The molecule has 0 spiro atoms. The van der Waals surface area contributed by atoms with Crippen molar-refractivity contribution in [3.8, 4) is 17.2 Å². The predicted octanol–water partition coefficient (Wildman–Crippen LogP) is 1.35. The Hall–Kier alpha value is -3.23. The monoisotopic (exact) mass is 359 g/mol. The fraction of sp³-hybridized carbons (Fsp3) is 0.353. The van der Waals surface area contributed by atoms with Crippen LogP contribution in [0.3, 0.4) is 0 Å². The maximum absolute atomic E-state index is 12.6. The number of anilines is 1. The Balaban J connectivity index is 2.02. The SMILES string of the molecule is COc1cc2[nH]c(N(C)CCc3cnc[nH]3)nc(=O)c2c(OC)c1OC. The van der Waals surface area contributed by atoms with Crippen LogP contribution in [0.15, 0.2) is 23.4 Å². The molecule has 9 heteroatoms. The molecule has 1 aromatic carbocycles.